The summed E-state index contributed by atoms with van der Waals surface area (Å²) in [5.41, 5.74) is 15.4. The summed E-state index contributed by atoms with van der Waals surface area (Å²) in [6.45, 7) is 8.72. The minimum absolute atomic E-state index is 0.961. The van der Waals surface area contributed by atoms with Crippen molar-refractivity contribution < 1.29 is 22.3 Å². The molecule has 0 aliphatic heterocycles. The maximum absolute atomic E-state index is 4.31. The van der Waals surface area contributed by atoms with E-state index in [1.165, 1.54) is 58.7 Å². The molecule has 0 spiro atoms. The van der Waals surface area contributed by atoms with Crippen LogP contribution >= 0.6 is 0 Å². The average molecular weight is 584 g/mol. The van der Waals surface area contributed by atoms with E-state index in [-0.39, 0.29) is 0 Å². The molecule has 0 heterocycles. The van der Waals surface area contributed by atoms with Gasteiger partial charge in [-0.1, -0.05) is 0 Å². The molecule has 0 N–H and O–H groups in total. The van der Waals surface area contributed by atoms with Crippen molar-refractivity contribution in [2.45, 2.75) is 53.4 Å². The first-order valence-corrected chi connectivity index (χ1v) is 16.7. The van der Waals surface area contributed by atoms with E-state index in [9.17, 15) is 0 Å². The molecule has 4 aromatic carbocycles. The van der Waals surface area contributed by atoms with Crippen molar-refractivity contribution >= 4 is 56.1 Å². The third kappa shape index (κ3) is 3.90. The Balaban J connectivity index is 0.000000497. The van der Waals surface area contributed by atoms with Crippen LogP contribution in [0, 0.1) is 6.42 Å². The van der Waals surface area contributed by atoms with Gasteiger partial charge in [0.05, 0.1) is 0 Å². The molecule has 0 bridgehead atoms. The number of fused-ring (bicyclic) bond motifs is 4. The summed E-state index contributed by atoms with van der Waals surface area (Å²) in [5.74, 6) is 0. The van der Waals surface area contributed by atoms with Crippen LogP contribution in [0.1, 0.15) is 72.2 Å². The topological polar surface area (TPSA) is 0 Å². The fraction of sp³-hybridized carbons (Fsp3) is 0.222. The minimum Gasteiger partial charge on any atom is -0.530 e. The summed E-state index contributed by atoms with van der Waals surface area (Å²) in [5, 5.41) is 6.07. The second-order valence-corrected chi connectivity index (χ2v) is 13.9. The molecule has 186 valence electrons. The standard InChI is InChI=1S/2C16H12.C3H7.CHSi.Zr/c2*1-10-7-13-9-12-6-5-11-3-2-4-14(16(11)12)15(13)8-10;1-3-2;1-2;/h2*2-4,8-9H,5-6H2,1H3;3H,1-2H3;1H;/q;;2*-1;. The molecule has 38 heavy (non-hydrogen) atoms. The number of allylic oxidation sites excluding steroid dienone is 2. The van der Waals surface area contributed by atoms with E-state index in [1.54, 1.807) is 50.6 Å². The zero-order valence-corrected chi connectivity index (χ0v) is 26.2. The maximum atomic E-state index is 4.31. The minimum atomic E-state index is -0.961. The van der Waals surface area contributed by atoms with Gasteiger partial charge in [0, 0.05) is 0 Å². The smallest absolute Gasteiger partial charge is 0.192 e. The van der Waals surface area contributed by atoms with E-state index in [0.29, 0.717) is 0 Å². The number of hydrogen-bond acceptors (Lipinski definition) is 0. The average Bonchev–Trinajstić information content (AvgIpc) is 3.69. The van der Waals surface area contributed by atoms with Crippen molar-refractivity contribution in [3.05, 3.63) is 111 Å². The molecule has 2 heteroatoms. The molecule has 4 aromatic rings. The Morgan fingerprint density at radius 1 is 0.658 bits per heavy atom. The fourth-order valence-corrected chi connectivity index (χ4v) is 10.5. The quantitative estimate of drug-likeness (QED) is 0.148. The van der Waals surface area contributed by atoms with Gasteiger partial charge < -0.3 is 12.6 Å². The fourth-order valence-electron chi connectivity index (χ4n) is 6.88. The second-order valence-electron chi connectivity index (χ2n) is 10.8. The zero-order valence-electron chi connectivity index (χ0n) is 22.8. The zero-order chi connectivity index (χ0) is 26.6. The van der Waals surface area contributed by atoms with Crippen LogP contribution in [0.2, 0.25) is 0 Å². The van der Waals surface area contributed by atoms with Gasteiger partial charge >= 0.3 is 206 Å². The van der Waals surface area contributed by atoms with Crippen molar-refractivity contribution in [3.8, 4) is 0 Å². The van der Waals surface area contributed by atoms with Gasteiger partial charge in [-0.15, -0.1) is 0 Å². The summed E-state index contributed by atoms with van der Waals surface area (Å²) >= 11 is -0.961. The van der Waals surface area contributed by atoms with Crippen molar-refractivity contribution in [2.75, 3.05) is 0 Å². The van der Waals surface area contributed by atoms with E-state index in [1.807, 2.05) is 20.3 Å². The van der Waals surface area contributed by atoms with Crippen LogP contribution in [0.25, 0.3) is 33.7 Å². The normalized spacial score (nSPS) is 15.4. The van der Waals surface area contributed by atoms with Crippen molar-refractivity contribution in [3.63, 3.8) is 0 Å². The van der Waals surface area contributed by atoms with Crippen LogP contribution in [0.15, 0.2) is 59.7 Å². The Bertz CT molecular complexity index is 1660. The van der Waals surface area contributed by atoms with Crippen LogP contribution in [0.5, 0.6) is 0 Å². The molecular formula is C36H32SiZr-2. The van der Waals surface area contributed by atoms with E-state index < -0.39 is 22.3 Å². The molecule has 0 fully saturated rings. The first kappa shape index (κ1) is 25.8. The van der Waals surface area contributed by atoms with E-state index in [0.717, 1.165) is 0 Å². The molecule has 0 saturated carbocycles. The number of aryl methyl sites for hydroxylation is 4. The molecule has 0 atom stereocenters. The molecule has 4 aliphatic rings. The van der Waals surface area contributed by atoms with Gasteiger partial charge in [-0.25, -0.2) is 0 Å². The van der Waals surface area contributed by atoms with Crippen LogP contribution in [0.4, 0.5) is 0 Å². The van der Waals surface area contributed by atoms with Crippen LogP contribution in [0.3, 0.4) is 0 Å². The Hall–Kier alpha value is -2.41. The molecule has 4 aliphatic carbocycles. The molecule has 0 unspecified atom stereocenters. The van der Waals surface area contributed by atoms with E-state index >= 15 is 0 Å². The molecule has 0 saturated heterocycles. The van der Waals surface area contributed by atoms with Crippen LogP contribution in [-0.4, -0.2) is 22.4 Å². The molecule has 8 rings (SSSR count). The van der Waals surface area contributed by atoms with Crippen LogP contribution < -0.4 is 0 Å². The summed E-state index contributed by atoms with van der Waals surface area (Å²) in [7, 11) is 2.47. The number of benzene rings is 4. The van der Waals surface area contributed by atoms with E-state index in [2.05, 4.69) is 90.6 Å². The Morgan fingerprint density at radius 3 is 1.47 bits per heavy atom. The molecule has 0 aromatic heterocycles. The Morgan fingerprint density at radius 2 is 1.05 bits per heavy atom. The number of hydrogen-bond donors (Lipinski definition) is 0. The van der Waals surface area contributed by atoms with Crippen molar-refractivity contribution in [1.29, 1.82) is 0 Å². The first-order valence-electron chi connectivity index (χ1n) is 13.7. The third-order valence-electron chi connectivity index (χ3n) is 8.37. The molecular weight excluding hydrogens is 552 g/mol. The molecule has 0 amide bonds. The summed E-state index contributed by atoms with van der Waals surface area (Å²) in [6.07, 6.45) is 16.1. The maximum Gasteiger partial charge on any atom is -0.192 e. The van der Waals surface area contributed by atoms with Gasteiger partial charge in [0.15, 0.2) is 0 Å². The largest absolute Gasteiger partial charge is 0.530 e. The summed E-state index contributed by atoms with van der Waals surface area (Å²) in [4.78, 5) is 0. The van der Waals surface area contributed by atoms with Crippen molar-refractivity contribution in [1.82, 2.24) is 0 Å². The SMILES string of the molecule is CC1=Cc2c(cc3c4c(cccc24)CC3)[C]1=[Zr]=[C]1C(C)=Cc2c1cc1c3c(cccc23)CC1.C[CH-]C.[CH-]=[Si]. The Kier molecular flexibility index (Phi) is 7.00. The summed E-state index contributed by atoms with van der Waals surface area (Å²) in [6, 6.07) is 19.1. The Labute approximate surface area is 241 Å². The molecule has 0 nitrogen and oxygen atoms in total. The predicted molar refractivity (Wildman–Crippen MR) is 166 cm³/mol. The first-order chi connectivity index (χ1) is 18.6. The predicted octanol–water partition coefficient (Wildman–Crippen LogP) is 7.54. The van der Waals surface area contributed by atoms with E-state index in [4.69, 9.17) is 0 Å². The van der Waals surface area contributed by atoms with Gasteiger partial charge in [0.2, 0.25) is 0 Å². The van der Waals surface area contributed by atoms with Gasteiger partial charge in [-0.2, -0.15) is 13.8 Å². The monoisotopic (exact) mass is 582 g/mol. The number of rotatable bonds is 0. The van der Waals surface area contributed by atoms with Crippen LogP contribution in [-0.2, 0) is 48.0 Å². The summed E-state index contributed by atoms with van der Waals surface area (Å²) < 4.78 is 3.40. The van der Waals surface area contributed by atoms with Gasteiger partial charge in [0.25, 0.3) is 0 Å². The van der Waals surface area contributed by atoms with Gasteiger partial charge in [-0.05, 0) is 0 Å². The van der Waals surface area contributed by atoms with Crippen molar-refractivity contribution in [2.24, 2.45) is 0 Å². The van der Waals surface area contributed by atoms with Gasteiger partial charge in [0.1, 0.15) is 0 Å². The second kappa shape index (κ2) is 10.3. The third-order valence-corrected chi connectivity index (χ3v) is 12.9. The molecule has 2 radical (unpaired) electrons. The van der Waals surface area contributed by atoms with Gasteiger partial charge in [-0.3, -0.25) is 9.85 Å².